The lowest BCUT2D eigenvalue weighted by Gasteiger charge is -2.34. The molecule has 0 unspecified atom stereocenters. The number of ether oxygens (including phenoxy) is 1. The Morgan fingerprint density at radius 2 is 1.61 bits per heavy atom. The zero-order valence-corrected chi connectivity index (χ0v) is 25.8. The molecule has 0 fully saturated rings. The van der Waals surface area contributed by atoms with Crippen molar-refractivity contribution in [3.05, 3.63) is 94.0 Å². The monoisotopic (exact) mass is 619 g/mol. The highest BCUT2D eigenvalue weighted by Gasteiger charge is 2.34. The molecule has 0 saturated carbocycles. The molecule has 0 bridgehead atoms. The Morgan fingerprint density at radius 1 is 0.951 bits per heavy atom. The van der Waals surface area contributed by atoms with Gasteiger partial charge in [-0.3, -0.25) is 13.9 Å². The van der Waals surface area contributed by atoms with E-state index in [0.717, 1.165) is 16.1 Å². The van der Waals surface area contributed by atoms with Crippen LogP contribution in [-0.2, 0) is 32.6 Å². The third-order valence-electron chi connectivity index (χ3n) is 6.64. The molecule has 0 aliphatic rings. The van der Waals surface area contributed by atoms with Gasteiger partial charge in [0, 0.05) is 19.0 Å². The van der Waals surface area contributed by atoms with E-state index in [4.69, 9.17) is 27.9 Å². The maximum atomic E-state index is 14.2. The summed E-state index contributed by atoms with van der Waals surface area (Å²) in [6, 6.07) is 19.8. The largest absolute Gasteiger partial charge is 0.495 e. The second kappa shape index (κ2) is 14.6. The number of rotatable bonds is 13. The minimum atomic E-state index is -3.93. The third-order valence-corrected chi connectivity index (χ3v) is 8.51. The fourth-order valence-corrected chi connectivity index (χ4v) is 5.43. The van der Waals surface area contributed by atoms with Gasteiger partial charge in [0.25, 0.3) is 0 Å². The highest BCUT2D eigenvalue weighted by molar-refractivity contribution is 7.92. The van der Waals surface area contributed by atoms with Crippen LogP contribution in [0.3, 0.4) is 0 Å². The van der Waals surface area contributed by atoms with Crippen LogP contribution in [0.4, 0.5) is 5.69 Å². The van der Waals surface area contributed by atoms with E-state index in [1.807, 2.05) is 44.2 Å². The molecule has 2 amide bonds. The maximum Gasteiger partial charge on any atom is 0.244 e. The van der Waals surface area contributed by atoms with Gasteiger partial charge in [0.2, 0.25) is 21.8 Å². The molecule has 0 aromatic heterocycles. The third kappa shape index (κ3) is 8.86. The van der Waals surface area contributed by atoms with E-state index < -0.39 is 28.5 Å². The van der Waals surface area contributed by atoms with Gasteiger partial charge < -0.3 is 15.0 Å². The van der Waals surface area contributed by atoms with Crippen molar-refractivity contribution in [1.29, 1.82) is 0 Å². The molecule has 1 N–H and O–H groups in total. The minimum absolute atomic E-state index is 0.00925. The first-order chi connectivity index (χ1) is 19.4. The first-order valence-electron chi connectivity index (χ1n) is 13.1. The Bertz CT molecular complexity index is 1450. The highest BCUT2D eigenvalue weighted by atomic mass is 35.5. The molecule has 0 aliphatic carbocycles. The summed E-state index contributed by atoms with van der Waals surface area (Å²) in [7, 11) is -2.50. The Hall–Kier alpha value is -3.27. The normalized spacial score (nSPS) is 12.7. The molecule has 220 valence electrons. The lowest BCUT2D eigenvalue weighted by molar-refractivity contribution is -0.140. The summed E-state index contributed by atoms with van der Waals surface area (Å²) in [6.07, 6.45) is 1.93. The number of anilines is 1. The number of para-hydroxylation sites is 2. The van der Waals surface area contributed by atoms with Crippen molar-refractivity contribution in [3.8, 4) is 5.75 Å². The van der Waals surface area contributed by atoms with Crippen molar-refractivity contribution < 1.29 is 22.7 Å². The quantitative estimate of drug-likeness (QED) is 0.279. The summed E-state index contributed by atoms with van der Waals surface area (Å²) in [5, 5.41) is 3.64. The van der Waals surface area contributed by atoms with Crippen molar-refractivity contribution in [2.45, 2.75) is 45.3 Å². The summed E-state index contributed by atoms with van der Waals surface area (Å²) in [4.78, 5) is 29.3. The first kappa shape index (κ1) is 32.2. The maximum absolute atomic E-state index is 14.2. The average Bonchev–Trinajstić information content (AvgIpc) is 2.95. The summed E-state index contributed by atoms with van der Waals surface area (Å²) >= 11 is 12.4. The number of hydrogen-bond acceptors (Lipinski definition) is 5. The number of halogens is 2. The van der Waals surface area contributed by atoms with E-state index in [1.54, 1.807) is 42.5 Å². The van der Waals surface area contributed by atoms with Crippen molar-refractivity contribution in [3.63, 3.8) is 0 Å². The molecule has 3 rings (SSSR count). The lowest BCUT2D eigenvalue weighted by atomic mass is 10.0. The molecular weight excluding hydrogens is 585 g/mol. The first-order valence-corrected chi connectivity index (χ1v) is 15.7. The van der Waals surface area contributed by atoms with Crippen LogP contribution in [0, 0.1) is 0 Å². The predicted octanol–water partition coefficient (Wildman–Crippen LogP) is 5.32. The number of nitrogens with one attached hydrogen (secondary N) is 1. The van der Waals surface area contributed by atoms with E-state index in [1.165, 1.54) is 12.0 Å². The molecule has 8 nitrogen and oxygen atoms in total. The van der Waals surface area contributed by atoms with Gasteiger partial charge in [0.05, 0.1) is 29.1 Å². The fourth-order valence-electron chi connectivity index (χ4n) is 4.26. The van der Waals surface area contributed by atoms with Gasteiger partial charge in [-0.2, -0.15) is 0 Å². The van der Waals surface area contributed by atoms with Crippen molar-refractivity contribution in [2.75, 3.05) is 24.2 Å². The molecule has 0 heterocycles. The van der Waals surface area contributed by atoms with Crippen molar-refractivity contribution in [2.24, 2.45) is 0 Å². The van der Waals surface area contributed by atoms with Crippen LogP contribution >= 0.6 is 23.2 Å². The smallest absolute Gasteiger partial charge is 0.244 e. The van der Waals surface area contributed by atoms with Crippen LogP contribution in [0.1, 0.15) is 31.4 Å². The summed E-state index contributed by atoms with van der Waals surface area (Å²) < 4.78 is 32.3. The molecule has 0 spiro atoms. The van der Waals surface area contributed by atoms with Gasteiger partial charge in [-0.05, 0) is 48.7 Å². The van der Waals surface area contributed by atoms with Crippen LogP contribution in [0.5, 0.6) is 5.75 Å². The van der Waals surface area contributed by atoms with Crippen LogP contribution in [0.25, 0.3) is 0 Å². The topological polar surface area (TPSA) is 96.0 Å². The van der Waals surface area contributed by atoms with Gasteiger partial charge >= 0.3 is 0 Å². The summed E-state index contributed by atoms with van der Waals surface area (Å²) in [6.45, 7) is 3.27. The number of benzene rings is 3. The number of sulfonamides is 1. The molecular formula is C30H35Cl2N3O5S. The summed E-state index contributed by atoms with van der Waals surface area (Å²) in [5.74, 6) is -0.635. The number of carbonyl (C=O) groups is 2. The lowest BCUT2D eigenvalue weighted by Crippen LogP contribution is -2.54. The Morgan fingerprint density at radius 3 is 2.22 bits per heavy atom. The van der Waals surface area contributed by atoms with Gasteiger partial charge in [0.1, 0.15) is 18.3 Å². The van der Waals surface area contributed by atoms with Crippen LogP contribution < -0.4 is 14.4 Å². The minimum Gasteiger partial charge on any atom is -0.495 e. The van der Waals surface area contributed by atoms with E-state index in [-0.39, 0.29) is 36.4 Å². The number of carbonyl (C=O) groups excluding carboxylic acids is 2. The average molecular weight is 621 g/mol. The second-order valence-electron chi connectivity index (χ2n) is 9.73. The van der Waals surface area contributed by atoms with E-state index in [9.17, 15) is 18.0 Å². The SMILES string of the molecule is CC[C@H](C)NC(=O)[C@H](Cc1ccccc1)N(Cc1ccc(Cl)c(Cl)c1)C(=O)CN(c1ccccc1OC)S(C)(=O)=O. The van der Waals surface area contributed by atoms with Gasteiger partial charge in [0.15, 0.2) is 0 Å². The molecule has 0 saturated heterocycles. The van der Waals surface area contributed by atoms with E-state index in [2.05, 4.69) is 5.32 Å². The predicted molar refractivity (Wildman–Crippen MR) is 164 cm³/mol. The van der Waals surface area contributed by atoms with Crippen molar-refractivity contribution in [1.82, 2.24) is 10.2 Å². The van der Waals surface area contributed by atoms with Gasteiger partial charge in [-0.25, -0.2) is 8.42 Å². The summed E-state index contributed by atoms with van der Waals surface area (Å²) in [5.41, 5.74) is 1.68. The zero-order valence-electron chi connectivity index (χ0n) is 23.5. The fraction of sp³-hybridized carbons (Fsp3) is 0.333. The Balaban J connectivity index is 2.10. The number of amides is 2. The number of nitrogens with zero attached hydrogens (tertiary/aromatic N) is 2. The zero-order chi connectivity index (χ0) is 30.2. The molecule has 3 aromatic rings. The van der Waals surface area contributed by atoms with Crippen LogP contribution in [-0.4, -0.2) is 57.1 Å². The second-order valence-corrected chi connectivity index (χ2v) is 12.5. The molecule has 2 atom stereocenters. The molecule has 0 aliphatic heterocycles. The molecule has 0 radical (unpaired) electrons. The van der Waals surface area contributed by atoms with Gasteiger partial charge in [-0.1, -0.05) is 78.7 Å². The van der Waals surface area contributed by atoms with Crippen LogP contribution in [0.2, 0.25) is 10.0 Å². The highest BCUT2D eigenvalue weighted by Crippen LogP contribution is 2.30. The molecule has 11 heteroatoms. The van der Waals surface area contributed by atoms with Crippen LogP contribution in [0.15, 0.2) is 72.8 Å². The van der Waals surface area contributed by atoms with Crippen molar-refractivity contribution >= 4 is 50.7 Å². The number of hydrogen-bond donors (Lipinski definition) is 1. The standard InChI is InChI=1S/C30H35Cl2N3O5S/c1-5-21(2)33-30(37)27(18-22-11-7-6-8-12-22)34(19-23-15-16-24(31)25(32)17-23)29(36)20-35(41(4,38)39)26-13-9-10-14-28(26)40-3/h6-17,21,27H,5,18-20H2,1-4H3,(H,33,37)/t21-,27-/m0/s1. The molecule has 3 aromatic carbocycles. The number of methoxy groups -OCH3 is 1. The van der Waals surface area contributed by atoms with E-state index in [0.29, 0.717) is 22.0 Å². The molecule has 41 heavy (non-hydrogen) atoms. The van der Waals surface area contributed by atoms with E-state index >= 15 is 0 Å². The Labute approximate surface area is 252 Å². The van der Waals surface area contributed by atoms with Gasteiger partial charge in [-0.15, -0.1) is 0 Å². The Kier molecular flexibility index (Phi) is 11.5.